The van der Waals surface area contributed by atoms with Crippen molar-refractivity contribution in [2.45, 2.75) is 99.8 Å². The average Bonchev–Trinajstić information content (AvgIpc) is 2.86. The lowest BCUT2D eigenvalue weighted by atomic mass is 9.92. The molecule has 6 nitrogen and oxygen atoms in total. The van der Waals surface area contributed by atoms with Gasteiger partial charge in [-0.2, -0.15) is 0 Å². The molecule has 216 valence electrons. The molecule has 0 saturated heterocycles. The summed E-state index contributed by atoms with van der Waals surface area (Å²) in [5.41, 5.74) is 2.73. The highest BCUT2D eigenvalue weighted by Gasteiger charge is 2.35. The van der Waals surface area contributed by atoms with Crippen LogP contribution in [0.5, 0.6) is 11.5 Å². The van der Waals surface area contributed by atoms with Gasteiger partial charge in [0.1, 0.15) is 17.3 Å². The van der Waals surface area contributed by atoms with Gasteiger partial charge >= 0.3 is 11.9 Å². The Morgan fingerprint density at radius 2 is 1.32 bits per heavy atom. The Kier molecular flexibility index (Phi) is 15.1. The van der Waals surface area contributed by atoms with E-state index >= 15 is 0 Å². The third-order valence-corrected chi connectivity index (χ3v) is 7.45. The summed E-state index contributed by atoms with van der Waals surface area (Å²) in [4.78, 5) is 25.2. The molecule has 0 aliphatic carbocycles. The summed E-state index contributed by atoms with van der Waals surface area (Å²) in [7, 11) is 4.16. The van der Waals surface area contributed by atoms with Gasteiger partial charge in [-0.3, -0.25) is 9.59 Å². The minimum absolute atomic E-state index is 0.238. The van der Waals surface area contributed by atoms with Crippen LogP contribution in [0.1, 0.15) is 95.8 Å². The number of allylic oxidation sites excluding steroid dienone is 1. The number of esters is 2. The number of carbonyl (C=O) groups excluding carboxylic acids is 2. The van der Waals surface area contributed by atoms with E-state index in [4.69, 9.17) is 18.9 Å². The lowest BCUT2D eigenvalue weighted by Gasteiger charge is -2.21. The van der Waals surface area contributed by atoms with Crippen molar-refractivity contribution in [3.8, 4) is 11.5 Å². The summed E-state index contributed by atoms with van der Waals surface area (Å²) in [6, 6.07) is 1.87. The number of benzene rings is 1. The van der Waals surface area contributed by atoms with Gasteiger partial charge in [-0.1, -0.05) is 66.2 Å². The van der Waals surface area contributed by atoms with Crippen molar-refractivity contribution in [2.24, 2.45) is 23.7 Å². The molecule has 1 aromatic rings. The Morgan fingerprint density at radius 1 is 0.789 bits per heavy atom. The number of aryl methyl sites for hydroxylation is 1. The number of hydrogen-bond acceptors (Lipinski definition) is 6. The Morgan fingerprint density at radius 3 is 1.82 bits per heavy atom. The molecular weight excluding hydrogens is 480 g/mol. The number of ether oxygens (including phenoxy) is 4. The van der Waals surface area contributed by atoms with Crippen molar-refractivity contribution >= 4 is 11.9 Å². The highest BCUT2D eigenvalue weighted by Crippen LogP contribution is 2.35. The summed E-state index contributed by atoms with van der Waals surface area (Å²) in [5.74, 6) is 0.980. The molecule has 1 aromatic carbocycles. The van der Waals surface area contributed by atoms with Crippen LogP contribution in [0.25, 0.3) is 0 Å². The highest BCUT2D eigenvalue weighted by molar-refractivity contribution is 5.97. The van der Waals surface area contributed by atoms with Crippen LogP contribution in [0.2, 0.25) is 0 Å². The zero-order valence-corrected chi connectivity index (χ0v) is 25.6. The summed E-state index contributed by atoms with van der Waals surface area (Å²) in [6.07, 6.45) is 11.0. The number of carbonyl (C=O) groups is 2. The first-order valence-electron chi connectivity index (χ1n) is 14.1. The first kappa shape index (κ1) is 33.5. The largest absolute Gasteiger partial charge is 0.496 e. The van der Waals surface area contributed by atoms with Gasteiger partial charge < -0.3 is 18.9 Å². The maximum absolute atomic E-state index is 12.6. The van der Waals surface area contributed by atoms with Crippen molar-refractivity contribution in [1.29, 1.82) is 0 Å². The molecule has 0 amide bonds. The molecule has 0 N–H and O–H groups in total. The molecule has 0 spiro atoms. The van der Waals surface area contributed by atoms with Crippen LogP contribution in [0, 0.1) is 44.4 Å². The Balaban J connectivity index is 2.97. The van der Waals surface area contributed by atoms with Crippen LogP contribution in [0.4, 0.5) is 0 Å². The molecule has 0 aliphatic heterocycles. The third kappa shape index (κ3) is 10.7. The van der Waals surface area contributed by atoms with Crippen LogP contribution >= 0.6 is 0 Å². The van der Waals surface area contributed by atoms with Gasteiger partial charge in [-0.05, 0) is 80.2 Å². The second kappa shape index (κ2) is 17.2. The first-order valence-corrected chi connectivity index (χ1v) is 14.1. The van der Waals surface area contributed by atoms with Crippen LogP contribution in [0.15, 0.2) is 17.9 Å². The van der Waals surface area contributed by atoms with Gasteiger partial charge in [0.15, 0.2) is 0 Å². The van der Waals surface area contributed by atoms with E-state index in [0.717, 1.165) is 47.1 Å². The topological polar surface area (TPSA) is 71.1 Å². The Labute approximate surface area is 231 Å². The van der Waals surface area contributed by atoms with Gasteiger partial charge in [0.25, 0.3) is 0 Å². The van der Waals surface area contributed by atoms with Crippen LogP contribution in [-0.4, -0.2) is 33.3 Å². The van der Waals surface area contributed by atoms with E-state index in [1.165, 1.54) is 46.3 Å². The standard InChI is InChI=1S/C32H52O6/c1-21(2)14-11-15-22(3)16-12-17-23(4)18-13-19-27(29(31(33)36-9)32(34)37-10)38-28-20-24(5)30(35-8)26(7)25(28)6/h19-23,29H,11-18H2,1-10H3/b27-19-/t22-,23-/m1/s1. The lowest BCUT2D eigenvalue weighted by molar-refractivity contribution is -0.157. The summed E-state index contributed by atoms with van der Waals surface area (Å²) < 4.78 is 21.7. The van der Waals surface area contributed by atoms with Gasteiger partial charge in [-0.25, -0.2) is 0 Å². The Hall–Kier alpha value is -2.50. The Bertz CT molecular complexity index is 901. The molecular formula is C32H52O6. The fourth-order valence-electron chi connectivity index (χ4n) is 4.84. The van der Waals surface area contributed by atoms with E-state index in [1.54, 1.807) is 7.11 Å². The molecule has 0 unspecified atom stereocenters. The molecule has 0 aromatic heterocycles. The average molecular weight is 533 g/mol. The van der Waals surface area contributed by atoms with E-state index in [1.807, 2.05) is 32.9 Å². The maximum Gasteiger partial charge on any atom is 0.327 e. The van der Waals surface area contributed by atoms with E-state index in [9.17, 15) is 9.59 Å². The summed E-state index contributed by atoms with van der Waals surface area (Å²) >= 11 is 0. The monoisotopic (exact) mass is 532 g/mol. The van der Waals surface area contributed by atoms with E-state index in [-0.39, 0.29) is 5.76 Å². The summed E-state index contributed by atoms with van der Waals surface area (Å²) in [5, 5.41) is 0. The molecule has 2 atom stereocenters. The minimum Gasteiger partial charge on any atom is -0.496 e. The van der Waals surface area contributed by atoms with Gasteiger partial charge in [0, 0.05) is 0 Å². The smallest absolute Gasteiger partial charge is 0.327 e. The van der Waals surface area contributed by atoms with Gasteiger partial charge in [-0.15, -0.1) is 0 Å². The van der Waals surface area contributed by atoms with E-state index < -0.39 is 17.9 Å². The molecule has 6 heteroatoms. The van der Waals surface area contributed by atoms with Crippen molar-refractivity contribution in [2.75, 3.05) is 21.3 Å². The highest BCUT2D eigenvalue weighted by atomic mass is 16.6. The second-order valence-electron chi connectivity index (χ2n) is 11.2. The predicted octanol–water partition coefficient (Wildman–Crippen LogP) is 7.89. The number of rotatable bonds is 17. The first-order chi connectivity index (χ1) is 18.0. The predicted molar refractivity (Wildman–Crippen MR) is 154 cm³/mol. The lowest BCUT2D eigenvalue weighted by Crippen LogP contribution is -2.30. The molecule has 0 fully saturated rings. The molecule has 38 heavy (non-hydrogen) atoms. The van der Waals surface area contributed by atoms with Crippen LogP contribution in [0.3, 0.4) is 0 Å². The van der Waals surface area contributed by atoms with Gasteiger partial charge in [0.05, 0.1) is 21.3 Å². The van der Waals surface area contributed by atoms with Crippen molar-refractivity contribution < 1.29 is 28.5 Å². The molecule has 0 heterocycles. The van der Waals surface area contributed by atoms with Crippen molar-refractivity contribution in [1.82, 2.24) is 0 Å². The SMILES string of the molecule is COC(=O)C(C(=O)OC)/C(=C/CC[C@H](C)CCC[C@H](C)CCCC(C)C)Oc1cc(C)c(OC)c(C)c1C. The second-order valence-corrected chi connectivity index (χ2v) is 11.2. The molecule has 0 aliphatic rings. The normalized spacial score (nSPS) is 13.4. The fourth-order valence-corrected chi connectivity index (χ4v) is 4.84. The third-order valence-electron chi connectivity index (χ3n) is 7.45. The van der Waals surface area contributed by atoms with E-state index in [0.29, 0.717) is 18.1 Å². The molecule has 0 saturated carbocycles. The maximum atomic E-state index is 12.6. The minimum atomic E-state index is -1.28. The van der Waals surface area contributed by atoms with Crippen LogP contribution in [-0.2, 0) is 19.1 Å². The molecule has 0 bridgehead atoms. The fraction of sp³-hybridized carbons (Fsp3) is 0.688. The summed E-state index contributed by atoms with van der Waals surface area (Å²) in [6.45, 7) is 15.0. The molecule has 0 radical (unpaired) electrons. The molecule has 1 rings (SSSR count). The van der Waals surface area contributed by atoms with Crippen LogP contribution < -0.4 is 9.47 Å². The number of hydrogen-bond donors (Lipinski definition) is 0. The van der Waals surface area contributed by atoms with Gasteiger partial charge in [0.2, 0.25) is 5.92 Å². The van der Waals surface area contributed by atoms with Crippen molar-refractivity contribution in [3.05, 3.63) is 34.6 Å². The number of methoxy groups -OCH3 is 3. The van der Waals surface area contributed by atoms with Crippen molar-refractivity contribution in [3.63, 3.8) is 0 Å². The zero-order valence-electron chi connectivity index (χ0n) is 25.6. The quantitative estimate of drug-likeness (QED) is 0.115. The zero-order chi connectivity index (χ0) is 28.8. The van der Waals surface area contributed by atoms with E-state index in [2.05, 4.69) is 27.7 Å².